The molecule has 0 aromatic heterocycles. The zero-order valence-electron chi connectivity index (χ0n) is 12.9. The molecule has 1 aliphatic rings. The highest BCUT2D eigenvalue weighted by Gasteiger charge is 2.14. The molecule has 1 N–H and O–H groups in total. The monoisotopic (exact) mass is 254 g/mol. The molecule has 1 unspecified atom stereocenters. The molecule has 0 aromatic rings. The van der Waals surface area contributed by atoms with Gasteiger partial charge in [-0.15, -0.1) is 0 Å². The summed E-state index contributed by atoms with van der Waals surface area (Å²) >= 11 is 0. The molecule has 1 atom stereocenters. The number of nitrogens with zero attached hydrogens (tertiary/aromatic N) is 1. The summed E-state index contributed by atoms with van der Waals surface area (Å²) in [6.45, 7) is 12.0. The summed E-state index contributed by atoms with van der Waals surface area (Å²) in [5.74, 6) is 0.775. The quantitative estimate of drug-likeness (QED) is 0.697. The maximum absolute atomic E-state index is 3.55. The van der Waals surface area contributed by atoms with E-state index in [9.17, 15) is 0 Å². The van der Waals surface area contributed by atoms with Gasteiger partial charge in [-0.1, -0.05) is 33.1 Å². The average Bonchev–Trinajstić information content (AvgIpc) is 2.27. The molecular weight excluding hydrogens is 220 g/mol. The number of nitrogens with one attached hydrogen (secondary N) is 1. The van der Waals surface area contributed by atoms with Crippen molar-refractivity contribution in [3.8, 4) is 0 Å². The predicted molar refractivity (Wildman–Crippen MR) is 81.1 cm³/mol. The fourth-order valence-electron chi connectivity index (χ4n) is 2.81. The fraction of sp³-hybridized carbons (Fsp3) is 1.00. The van der Waals surface area contributed by atoms with Crippen LogP contribution in [0.2, 0.25) is 0 Å². The highest BCUT2D eigenvalue weighted by atomic mass is 15.1. The molecular formula is C16H34N2. The first-order valence-electron chi connectivity index (χ1n) is 8.15. The first kappa shape index (κ1) is 16.0. The standard InChI is InChI=1S/C16H34N2/c1-15(2)14-17-11-9-10-16(3)18-12-7-5-4-6-8-13-18/h15-17H,4-14H2,1-3H3. The summed E-state index contributed by atoms with van der Waals surface area (Å²) in [4.78, 5) is 2.72. The molecule has 0 aliphatic carbocycles. The minimum atomic E-state index is 0.775. The van der Waals surface area contributed by atoms with E-state index in [-0.39, 0.29) is 0 Å². The summed E-state index contributed by atoms with van der Waals surface area (Å²) in [5, 5.41) is 3.55. The SMILES string of the molecule is CC(C)CNCCCC(C)N1CCCCCCC1. The molecule has 0 spiro atoms. The summed E-state index contributed by atoms with van der Waals surface area (Å²) in [5.41, 5.74) is 0. The van der Waals surface area contributed by atoms with Crippen molar-refractivity contribution in [2.45, 2.75) is 71.8 Å². The Morgan fingerprint density at radius 3 is 2.17 bits per heavy atom. The summed E-state index contributed by atoms with van der Waals surface area (Å²) in [7, 11) is 0. The lowest BCUT2D eigenvalue weighted by atomic mass is 10.1. The molecule has 2 heteroatoms. The third kappa shape index (κ3) is 7.38. The van der Waals surface area contributed by atoms with Crippen molar-refractivity contribution in [2.24, 2.45) is 5.92 Å². The van der Waals surface area contributed by atoms with E-state index in [1.54, 1.807) is 0 Å². The van der Waals surface area contributed by atoms with Crippen LogP contribution in [0.4, 0.5) is 0 Å². The lowest BCUT2D eigenvalue weighted by Crippen LogP contribution is -2.36. The Morgan fingerprint density at radius 1 is 0.944 bits per heavy atom. The summed E-state index contributed by atoms with van der Waals surface area (Å²) < 4.78 is 0. The lowest BCUT2D eigenvalue weighted by Gasteiger charge is -2.30. The number of hydrogen-bond donors (Lipinski definition) is 1. The Bertz CT molecular complexity index is 184. The van der Waals surface area contributed by atoms with Crippen LogP contribution < -0.4 is 5.32 Å². The number of hydrogen-bond acceptors (Lipinski definition) is 2. The molecule has 1 aliphatic heterocycles. The average molecular weight is 254 g/mol. The molecule has 18 heavy (non-hydrogen) atoms. The second-order valence-corrected chi connectivity index (χ2v) is 6.39. The second kappa shape index (κ2) is 9.80. The van der Waals surface area contributed by atoms with Crippen LogP contribution in [0.5, 0.6) is 0 Å². The van der Waals surface area contributed by atoms with Gasteiger partial charge in [-0.25, -0.2) is 0 Å². The van der Waals surface area contributed by atoms with Crippen LogP contribution in [0.3, 0.4) is 0 Å². The van der Waals surface area contributed by atoms with Crippen LogP contribution in [-0.2, 0) is 0 Å². The first-order chi connectivity index (χ1) is 8.70. The Hall–Kier alpha value is -0.0800. The Morgan fingerprint density at radius 2 is 1.56 bits per heavy atom. The molecule has 0 aromatic carbocycles. The predicted octanol–water partition coefficient (Wildman–Crippen LogP) is 3.67. The first-order valence-corrected chi connectivity index (χ1v) is 8.15. The normalized spacial score (nSPS) is 20.7. The largest absolute Gasteiger partial charge is 0.316 e. The minimum absolute atomic E-state index is 0.775. The maximum atomic E-state index is 3.55. The van der Waals surface area contributed by atoms with Gasteiger partial charge in [-0.2, -0.15) is 0 Å². The zero-order chi connectivity index (χ0) is 13.2. The highest BCUT2D eigenvalue weighted by molar-refractivity contribution is 4.70. The Kier molecular flexibility index (Phi) is 8.70. The van der Waals surface area contributed by atoms with Crippen LogP contribution in [0.1, 0.15) is 65.7 Å². The van der Waals surface area contributed by atoms with Crippen molar-refractivity contribution in [1.29, 1.82) is 0 Å². The molecule has 1 fully saturated rings. The van der Waals surface area contributed by atoms with Gasteiger partial charge in [0.1, 0.15) is 0 Å². The third-order valence-corrected chi connectivity index (χ3v) is 4.04. The van der Waals surface area contributed by atoms with E-state index in [0.717, 1.165) is 18.5 Å². The molecule has 0 saturated carbocycles. The number of likely N-dealkylation sites (tertiary alicyclic amines) is 1. The van der Waals surface area contributed by atoms with Crippen molar-refractivity contribution in [2.75, 3.05) is 26.2 Å². The van der Waals surface area contributed by atoms with Gasteiger partial charge in [0.25, 0.3) is 0 Å². The highest BCUT2D eigenvalue weighted by Crippen LogP contribution is 2.15. The minimum Gasteiger partial charge on any atom is -0.316 e. The molecule has 2 nitrogen and oxygen atoms in total. The molecule has 1 saturated heterocycles. The van der Waals surface area contributed by atoms with E-state index in [1.807, 2.05) is 0 Å². The van der Waals surface area contributed by atoms with Gasteiger partial charge in [0, 0.05) is 6.04 Å². The van der Waals surface area contributed by atoms with E-state index in [2.05, 4.69) is 31.0 Å². The molecule has 0 amide bonds. The van der Waals surface area contributed by atoms with Gasteiger partial charge in [-0.3, -0.25) is 0 Å². The molecule has 1 rings (SSSR count). The maximum Gasteiger partial charge on any atom is 0.00674 e. The lowest BCUT2D eigenvalue weighted by molar-refractivity contribution is 0.180. The van der Waals surface area contributed by atoms with Gasteiger partial charge in [0.15, 0.2) is 0 Å². The molecule has 108 valence electrons. The summed E-state index contributed by atoms with van der Waals surface area (Å²) in [6, 6.07) is 0.781. The van der Waals surface area contributed by atoms with Crippen LogP contribution in [0, 0.1) is 5.92 Å². The van der Waals surface area contributed by atoms with Crippen molar-refractivity contribution in [3.05, 3.63) is 0 Å². The van der Waals surface area contributed by atoms with Crippen molar-refractivity contribution >= 4 is 0 Å². The van der Waals surface area contributed by atoms with Crippen molar-refractivity contribution in [3.63, 3.8) is 0 Å². The second-order valence-electron chi connectivity index (χ2n) is 6.39. The van der Waals surface area contributed by atoms with Gasteiger partial charge in [-0.05, 0) is 64.7 Å². The van der Waals surface area contributed by atoms with Crippen LogP contribution in [0.15, 0.2) is 0 Å². The molecule has 0 radical (unpaired) electrons. The van der Waals surface area contributed by atoms with Gasteiger partial charge >= 0.3 is 0 Å². The van der Waals surface area contributed by atoms with Gasteiger partial charge in [0.05, 0.1) is 0 Å². The smallest absolute Gasteiger partial charge is 0.00674 e. The van der Waals surface area contributed by atoms with Crippen molar-refractivity contribution in [1.82, 2.24) is 10.2 Å². The van der Waals surface area contributed by atoms with Crippen LogP contribution in [-0.4, -0.2) is 37.1 Å². The number of rotatable bonds is 7. The van der Waals surface area contributed by atoms with E-state index < -0.39 is 0 Å². The van der Waals surface area contributed by atoms with E-state index in [1.165, 1.54) is 64.6 Å². The van der Waals surface area contributed by atoms with Crippen molar-refractivity contribution < 1.29 is 0 Å². The Balaban J connectivity index is 2.08. The Labute approximate surface area is 115 Å². The third-order valence-electron chi connectivity index (χ3n) is 4.04. The van der Waals surface area contributed by atoms with Crippen LogP contribution >= 0.6 is 0 Å². The van der Waals surface area contributed by atoms with E-state index in [0.29, 0.717) is 0 Å². The van der Waals surface area contributed by atoms with Gasteiger partial charge < -0.3 is 10.2 Å². The fourth-order valence-corrected chi connectivity index (χ4v) is 2.81. The molecule has 0 bridgehead atoms. The van der Waals surface area contributed by atoms with E-state index in [4.69, 9.17) is 0 Å². The topological polar surface area (TPSA) is 15.3 Å². The zero-order valence-corrected chi connectivity index (χ0v) is 12.9. The van der Waals surface area contributed by atoms with E-state index >= 15 is 0 Å². The summed E-state index contributed by atoms with van der Waals surface area (Å²) in [6.07, 6.45) is 9.85. The van der Waals surface area contributed by atoms with Gasteiger partial charge in [0.2, 0.25) is 0 Å². The van der Waals surface area contributed by atoms with Crippen LogP contribution in [0.25, 0.3) is 0 Å². The molecule has 1 heterocycles.